The van der Waals surface area contributed by atoms with Crippen molar-refractivity contribution in [2.24, 2.45) is 17.0 Å². The molecule has 0 N–H and O–H groups in total. The molecule has 2 atom stereocenters. The van der Waals surface area contributed by atoms with E-state index in [0.717, 1.165) is 81.8 Å². The summed E-state index contributed by atoms with van der Waals surface area (Å²) in [6, 6.07) is 0. The third-order valence-corrected chi connectivity index (χ3v) is 7.23. The van der Waals surface area contributed by atoms with Crippen molar-refractivity contribution in [3.05, 3.63) is 51.2 Å². The lowest BCUT2D eigenvalue weighted by Gasteiger charge is -2.33. The van der Waals surface area contributed by atoms with Crippen molar-refractivity contribution in [2.45, 2.75) is 65.0 Å². The van der Waals surface area contributed by atoms with Crippen LogP contribution in [-0.4, -0.2) is 45.9 Å². The Kier molecular flexibility index (Phi) is 5.35. The highest BCUT2D eigenvalue weighted by atomic mass is 16.6. The van der Waals surface area contributed by atoms with Crippen LogP contribution in [0.5, 0.6) is 0 Å². The molecule has 4 heterocycles. The van der Waals surface area contributed by atoms with Gasteiger partial charge in [0.25, 0.3) is 5.56 Å². The molecule has 4 aliphatic rings. The molecule has 1 saturated heterocycles. The van der Waals surface area contributed by atoms with Gasteiger partial charge in [-0.1, -0.05) is 22.9 Å². The monoisotopic (exact) mass is 408 g/mol. The number of piperidine rings is 1. The van der Waals surface area contributed by atoms with Gasteiger partial charge < -0.3 is 9.74 Å². The maximum atomic E-state index is 13.0. The highest BCUT2D eigenvalue weighted by Crippen LogP contribution is 2.33. The second-order valence-electron chi connectivity index (χ2n) is 9.25. The minimum Gasteiger partial charge on any atom is -0.387 e. The third kappa shape index (κ3) is 3.66. The molecule has 1 aromatic heterocycles. The Morgan fingerprint density at radius 3 is 2.83 bits per heavy atom. The normalized spacial score (nSPS) is 26.6. The van der Waals surface area contributed by atoms with Gasteiger partial charge in [-0.2, -0.15) is 0 Å². The van der Waals surface area contributed by atoms with E-state index in [1.165, 1.54) is 11.3 Å². The van der Waals surface area contributed by atoms with Crippen molar-refractivity contribution >= 4 is 5.71 Å². The fraction of sp³-hybridized carbons (Fsp3) is 0.625. The smallest absolute Gasteiger partial charge is 0.256 e. The van der Waals surface area contributed by atoms with Crippen LogP contribution in [0.2, 0.25) is 0 Å². The molecule has 1 aliphatic carbocycles. The number of allylic oxidation sites excluding steroid dienone is 2. The summed E-state index contributed by atoms with van der Waals surface area (Å²) < 4.78 is 1.92. The summed E-state index contributed by atoms with van der Waals surface area (Å²) in [6.07, 6.45) is 12.9. The van der Waals surface area contributed by atoms with Crippen LogP contribution in [0.4, 0.5) is 0 Å². The van der Waals surface area contributed by atoms with Gasteiger partial charge in [0.1, 0.15) is 5.82 Å². The lowest BCUT2D eigenvalue weighted by Crippen LogP contribution is -2.40. The predicted octanol–water partition coefficient (Wildman–Crippen LogP) is 3.03. The SMILES string of the molecule is CC1=CC2ON=C(C3CCN(CCc4c(C)nc5n(c4=O)CCCC5)CC3)C2C=C1. The third-order valence-electron chi connectivity index (χ3n) is 7.23. The minimum atomic E-state index is 0.0930. The largest absolute Gasteiger partial charge is 0.387 e. The first-order chi connectivity index (χ1) is 14.6. The van der Waals surface area contributed by atoms with Gasteiger partial charge in [-0.25, -0.2) is 4.98 Å². The molecule has 0 radical (unpaired) electrons. The summed E-state index contributed by atoms with van der Waals surface area (Å²) in [4.78, 5) is 25.9. The molecule has 0 aromatic carbocycles. The number of likely N-dealkylation sites (tertiary alicyclic amines) is 1. The fourth-order valence-corrected chi connectivity index (χ4v) is 5.42. The van der Waals surface area contributed by atoms with E-state index in [4.69, 9.17) is 9.82 Å². The molecule has 0 saturated carbocycles. The lowest BCUT2D eigenvalue weighted by atomic mass is 9.81. The molecular weight excluding hydrogens is 376 g/mol. The Balaban J connectivity index is 1.18. The topological polar surface area (TPSA) is 59.7 Å². The number of fused-ring (bicyclic) bond motifs is 2. The highest BCUT2D eigenvalue weighted by Gasteiger charge is 2.37. The first-order valence-corrected chi connectivity index (χ1v) is 11.5. The molecule has 0 spiro atoms. The maximum absolute atomic E-state index is 13.0. The molecule has 6 heteroatoms. The van der Waals surface area contributed by atoms with E-state index in [2.05, 4.69) is 35.2 Å². The molecule has 1 aromatic rings. The van der Waals surface area contributed by atoms with Crippen LogP contribution in [0.1, 0.15) is 49.7 Å². The van der Waals surface area contributed by atoms with Crippen molar-refractivity contribution < 1.29 is 4.84 Å². The number of oxime groups is 1. The molecule has 160 valence electrons. The van der Waals surface area contributed by atoms with Crippen molar-refractivity contribution in [3.8, 4) is 0 Å². The van der Waals surface area contributed by atoms with Crippen molar-refractivity contribution in [2.75, 3.05) is 19.6 Å². The van der Waals surface area contributed by atoms with E-state index in [1.807, 2.05) is 11.5 Å². The van der Waals surface area contributed by atoms with Crippen molar-refractivity contribution in [1.29, 1.82) is 0 Å². The molecular formula is C24H32N4O2. The average Bonchev–Trinajstić information content (AvgIpc) is 3.17. The lowest BCUT2D eigenvalue weighted by molar-refractivity contribution is 0.105. The number of hydrogen-bond acceptors (Lipinski definition) is 5. The summed E-state index contributed by atoms with van der Waals surface area (Å²) in [7, 11) is 0. The Bertz CT molecular complexity index is 966. The van der Waals surface area contributed by atoms with Crippen LogP contribution in [-0.2, 0) is 24.2 Å². The zero-order valence-corrected chi connectivity index (χ0v) is 18.1. The van der Waals surface area contributed by atoms with E-state index in [0.29, 0.717) is 11.8 Å². The van der Waals surface area contributed by atoms with E-state index in [-0.39, 0.29) is 11.7 Å². The Labute approximate surface area is 178 Å². The van der Waals surface area contributed by atoms with Crippen LogP contribution >= 0.6 is 0 Å². The highest BCUT2D eigenvalue weighted by molar-refractivity contribution is 5.92. The molecule has 0 bridgehead atoms. The number of hydrogen-bond donors (Lipinski definition) is 0. The molecule has 3 aliphatic heterocycles. The summed E-state index contributed by atoms with van der Waals surface area (Å²) in [5.41, 5.74) is 4.52. The van der Waals surface area contributed by atoms with E-state index in [9.17, 15) is 4.79 Å². The van der Waals surface area contributed by atoms with Gasteiger partial charge in [0.15, 0.2) is 6.10 Å². The Hall–Kier alpha value is -2.21. The van der Waals surface area contributed by atoms with E-state index < -0.39 is 0 Å². The van der Waals surface area contributed by atoms with Gasteiger partial charge in [-0.3, -0.25) is 9.36 Å². The van der Waals surface area contributed by atoms with Crippen LogP contribution in [0.15, 0.2) is 33.8 Å². The molecule has 2 unspecified atom stereocenters. The van der Waals surface area contributed by atoms with Gasteiger partial charge in [-0.05, 0) is 65.1 Å². The predicted molar refractivity (Wildman–Crippen MR) is 118 cm³/mol. The summed E-state index contributed by atoms with van der Waals surface area (Å²) >= 11 is 0. The quantitative estimate of drug-likeness (QED) is 0.768. The Morgan fingerprint density at radius 2 is 2.00 bits per heavy atom. The van der Waals surface area contributed by atoms with Crippen molar-refractivity contribution in [1.82, 2.24) is 14.5 Å². The van der Waals surface area contributed by atoms with Crippen LogP contribution in [0.3, 0.4) is 0 Å². The van der Waals surface area contributed by atoms with Crippen LogP contribution < -0.4 is 5.56 Å². The van der Waals surface area contributed by atoms with Crippen molar-refractivity contribution in [3.63, 3.8) is 0 Å². The van der Waals surface area contributed by atoms with Crippen LogP contribution in [0, 0.1) is 18.8 Å². The second kappa shape index (κ2) is 8.14. The van der Waals surface area contributed by atoms with Gasteiger partial charge >= 0.3 is 0 Å². The van der Waals surface area contributed by atoms with Gasteiger partial charge in [0, 0.05) is 36.7 Å². The van der Waals surface area contributed by atoms with E-state index >= 15 is 0 Å². The molecule has 30 heavy (non-hydrogen) atoms. The van der Waals surface area contributed by atoms with Gasteiger partial charge in [0.05, 0.1) is 11.6 Å². The van der Waals surface area contributed by atoms with Gasteiger partial charge in [0.2, 0.25) is 0 Å². The summed E-state index contributed by atoms with van der Waals surface area (Å²) in [6.45, 7) is 7.98. The second-order valence-corrected chi connectivity index (χ2v) is 9.25. The molecule has 6 nitrogen and oxygen atoms in total. The summed E-state index contributed by atoms with van der Waals surface area (Å²) in [5, 5.41) is 4.47. The fourth-order valence-electron chi connectivity index (χ4n) is 5.42. The zero-order valence-electron chi connectivity index (χ0n) is 18.1. The zero-order chi connectivity index (χ0) is 20.7. The summed E-state index contributed by atoms with van der Waals surface area (Å²) in [5.74, 6) is 1.80. The Morgan fingerprint density at radius 1 is 1.17 bits per heavy atom. The molecule has 0 amide bonds. The molecule has 5 rings (SSSR count). The van der Waals surface area contributed by atoms with E-state index in [1.54, 1.807) is 0 Å². The minimum absolute atomic E-state index is 0.0930. The first-order valence-electron chi connectivity index (χ1n) is 11.5. The average molecular weight is 409 g/mol. The van der Waals surface area contributed by atoms with Gasteiger partial charge in [-0.15, -0.1) is 0 Å². The number of aromatic nitrogens is 2. The number of nitrogens with zero attached hydrogens (tertiary/aromatic N) is 4. The molecule has 1 fully saturated rings. The maximum Gasteiger partial charge on any atom is 0.256 e. The standard InChI is InChI=1S/C24H32N4O2/c1-16-6-7-20-21(15-16)30-26-23(20)18-8-12-27(13-9-18)14-10-19-17(2)25-22-5-3-4-11-28(22)24(19)29/h6-7,15,18,20-21H,3-5,8-14H2,1-2H3. The number of rotatable bonds is 4. The number of aryl methyl sites for hydroxylation is 2. The first kappa shape index (κ1) is 19.7. The van der Waals surface area contributed by atoms with Crippen LogP contribution in [0.25, 0.3) is 0 Å².